The van der Waals surface area contributed by atoms with Gasteiger partial charge >= 0.3 is 0 Å². The highest BCUT2D eigenvalue weighted by atomic mass is 16.3. The quantitative estimate of drug-likeness (QED) is 0.686. The first-order valence-electron chi connectivity index (χ1n) is 4.15. The fraction of sp³-hybridized carbons (Fsp3) is 0.300. The molecule has 1 aromatic carbocycles. The molecule has 0 bridgehead atoms. The van der Waals surface area contributed by atoms with Crippen molar-refractivity contribution >= 4 is 5.69 Å². The highest BCUT2D eigenvalue weighted by Crippen LogP contribution is 2.19. The molecule has 1 aromatic rings. The second kappa shape index (κ2) is 3.47. The molecule has 0 aliphatic carbocycles. The number of anilines is 1. The summed E-state index contributed by atoms with van der Waals surface area (Å²) in [6.07, 6.45) is 0. The molecule has 3 nitrogen and oxygen atoms in total. The second-order valence-corrected chi connectivity index (χ2v) is 3.29. The van der Waals surface area contributed by atoms with Crippen LogP contribution in [0.25, 0.3) is 0 Å². The lowest BCUT2D eigenvalue weighted by atomic mass is 10.0. The zero-order valence-corrected chi connectivity index (χ0v) is 7.74. The van der Waals surface area contributed by atoms with Crippen molar-refractivity contribution in [2.24, 2.45) is 0 Å². The summed E-state index contributed by atoms with van der Waals surface area (Å²) in [5, 5.41) is 9.14. The van der Waals surface area contributed by atoms with Crippen LogP contribution in [0.1, 0.15) is 25.3 Å². The summed E-state index contributed by atoms with van der Waals surface area (Å²) in [6, 6.07) is 4.25. The maximum absolute atomic E-state index is 11.2. The second-order valence-electron chi connectivity index (χ2n) is 3.29. The van der Waals surface area contributed by atoms with Gasteiger partial charge in [-0.3, -0.25) is 4.79 Å². The molecule has 0 aliphatic heterocycles. The van der Waals surface area contributed by atoms with Crippen molar-refractivity contribution in [1.29, 1.82) is 0 Å². The van der Waals surface area contributed by atoms with Gasteiger partial charge in [0.1, 0.15) is 0 Å². The molecule has 0 spiro atoms. The molecular formula is C10H13NO2. The van der Waals surface area contributed by atoms with E-state index in [0.29, 0.717) is 5.69 Å². The van der Waals surface area contributed by atoms with Crippen LogP contribution in [0.4, 0.5) is 5.69 Å². The van der Waals surface area contributed by atoms with Gasteiger partial charge in [0.25, 0.3) is 0 Å². The normalized spacial score (nSPS) is 10.4. The molecular weight excluding hydrogens is 166 g/mol. The first kappa shape index (κ1) is 9.58. The van der Waals surface area contributed by atoms with Gasteiger partial charge in [0.2, 0.25) is 5.43 Å². The minimum Gasteiger partial charge on any atom is -0.504 e. The Labute approximate surface area is 76.8 Å². The number of nitrogens with two attached hydrogens (primary N) is 1. The number of nitrogen functional groups attached to an aromatic ring is 1. The van der Waals surface area contributed by atoms with Gasteiger partial charge in [-0.2, -0.15) is 0 Å². The van der Waals surface area contributed by atoms with E-state index in [0.717, 1.165) is 5.56 Å². The van der Waals surface area contributed by atoms with Crippen LogP contribution in [-0.2, 0) is 0 Å². The number of aromatic hydroxyl groups is 1. The molecule has 0 fully saturated rings. The molecule has 0 amide bonds. The predicted molar refractivity (Wildman–Crippen MR) is 52.9 cm³/mol. The van der Waals surface area contributed by atoms with Crippen molar-refractivity contribution in [2.45, 2.75) is 19.8 Å². The van der Waals surface area contributed by atoms with Gasteiger partial charge in [-0.15, -0.1) is 0 Å². The summed E-state index contributed by atoms with van der Waals surface area (Å²) in [6.45, 7) is 3.89. The van der Waals surface area contributed by atoms with E-state index < -0.39 is 0 Å². The van der Waals surface area contributed by atoms with Crippen LogP contribution in [0.2, 0.25) is 0 Å². The monoisotopic (exact) mass is 179 g/mol. The smallest absolute Gasteiger partial charge is 0.220 e. The van der Waals surface area contributed by atoms with E-state index in [1.807, 2.05) is 13.8 Å². The summed E-state index contributed by atoms with van der Waals surface area (Å²) in [5.74, 6) is -0.0851. The molecule has 0 aliphatic rings. The third-order valence-electron chi connectivity index (χ3n) is 1.92. The van der Waals surface area contributed by atoms with Crippen molar-refractivity contribution in [3.05, 3.63) is 34.0 Å². The predicted octanol–water partition coefficient (Wildman–Crippen LogP) is 1.46. The molecule has 0 saturated heterocycles. The van der Waals surface area contributed by atoms with Gasteiger partial charge < -0.3 is 10.8 Å². The van der Waals surface area contributed by atoms with Crippen molar-refractivity contribution < 1.29 is 5.11 Å². The van der Waals surface area contributed by atoms with Crippen molar-refractivity contribution in [3.63, 3.8) is 0 Å². The molecule has 3 N–H and O–H groups in total. The third kappa shape index (κ3) is 1.99. The topological polar surface area (TPSA) is 63.3 Å². The fourth-order valence-electron chi connectivity index (χ4n) is 1.15. The molecule has 0 unspecified atom stereocenters. The standard InChI is InChI=1S/C10H13NO2/c1-6(2)7-5-10(13)9(12)4-3-8(7)11/h3-6H,11H2,1-2H3,(H,12,13). The Bertz CT molecular complexity index is 372. The number of rotatable bonds is 1. The van der Waals surface area contributed by atoms with Gasteiger partial charge in [-0.25, -0.2) is 0 Å². The van der Waals surface area contributed by atoms with Crippen LogP contribution in [-0.4, -0.2) is 5.11 Å². The molecule has 13 heavy (non-hydrogen) atoms. The van der Waals surface area contributed by atoms with Gasteiger partial charge in [0, 0.05) is 5.69 Å². The Morgan fingerprint density at radius 1 is 1.38 bits per heavy atom. The maximum Gasteiger partial charge on any atom is 0.220 e. The largest absolute Gasteiger partial charge is 0.504 e. The highest BCUT2D eigenvalue weighted by molar-refractivity contribution is 5.48. The number of hydrogen-bond acceptors (Lipinski definition) is 3. The lowest BCUT2D eigenvalue weighted by molar-refractivity contribution is 0.471. The molecule has 0 aromatic heterocycles. The van der Waals surface area contributed by atoms with E-state index >= 15 is 0 Å². The summed E-state index contributed by atoms with van der Waals surface area (Å²) < 4.78 is 0. The Morgan fingerprint density at radius 2 is 2.00 bits per heavy atom. The van der Waals surface area contributed by atoms with Crippen molar-refractivity contribution in [2.75, 3.05) is 5.73 Å². The van der Waals surface area contributed by atoms with Crippen LogP contribution in [0.3, 0.4) is 0 Å². The lowest BCUT2D eigenvalue weighted by Crippen LogP contribution is -1.99. The SMILES string of the molecule is CC(C)c1cc(=O)c(O)ccc1N. The Balaban J connectivity index is 3.48. The van der Waals surface area contributed by atoms with Crippen LogP contribution < -0.4 is 11.2 Å². The molecule has 0 radical (unpaired) electrons. The van der Waals surface area contributed by atoms with Gasteiger partial charge in [0.05, 0.1) is 0 Å². The molecule has 3 heteroatoms. The van der Waals surface area contributed by atoms with Crippen LogP contribution in [0, 0.1) is 0 Å². The molecule has 0 heterocycles. The van der Waals surface area contributed by atoms with E-state index in [1.165, 1.54) is 12.1 Å². The zero-order valence-electron chi connectivity index (χ0n) is 7.74. The van der Waals surface area contributed by atoms with Crippen LogP contribution in [0.15, 0.2) is 23.0 Å². The van der Waals surface area contributed by atoms with Gasteiger partial charge in [0.15, 0.2) is 5.75 Å². The average Bonchev–Trinajstić information content (AvgIpc) is 2.18. The van der Waals surface area contributed by atoms with E-state index in [4.69, 9.17) is 10.8 Å². The van der Waals surface area contributed by atoms with E-state index in [1.54, 1.807) is 6.07 Å². The molecule has 1 rings (SSSR count). The van der Waals surface area contributed by atoms with E-state index in [2.05, 4.69) is 0 Å². The summed E-state index contributed by atoms with van der Waals surface area (Å²) >= 11 is 0. The van der Waals surface area contributed by atoms with Crippen molar-refractivity contribution in [1.82, 2.24) is 0 Å². The lowest BCUT2D eigenvalue weighted by Gasteiger charge is -2.04. The Kier molecular flexibility index (Phi) is 2.56. The molecule has 0 atom stereocenters. The van der Waals surface area contributed by atoms with Crippen LogP contribution >= 0.6 is 0 Å². The molecule has 70 valence electrons. The van der Waals surface area contributed by atoms with Crippen LogP contribution in [0.5, 0.6) is 5.75 Å². The summed E-state index contributed by atoms with van der Waals surface area (Å²) in [7, 11) is 0. The fourth-order valence-corrected chi connectivity index (χ4v) is 1.15. The first-order chi connectivity index (χ1) is 6.02. The van der Waals surface area contributed by atoms with Gasteiger partial charge in [-0.1, -0.05) is 13.8 Å². The molecule has 0 saturated carbocycles. The van der Waals surface area contributed by atoms with E-state index in [9.17, 15) is 4.79 Å². The minimum absolute atomic E-state index is 0.180. The Hall–Kier alpha value is -1.51. The average molecular weight is 179 g/mol. The highest BCUT2D eigenvalue weighted by Gasteiger charge is 2.04. The Morgan fingerprint density at radius 3 is 2.54 bits per heavy atom. The maximum atomic E-state index is 11.2. The summed E-state index contributed by atoms with van der Waals surface area (Å²) in [4.78, 5) is 11.2. The van der Waals surface area contributed by atoms with Crippen molar-refractivity contribution in [3.8, 4) is 5.75 Å². The zero-order chi connectivity index (χ0) is 10.0. The number of hydrogen-bond donors (Lipinski definition) is 2. The minimum atomic E-state index is -0.389. The third-order valence-corrected chi connectivity index (χ3v) is 1.92. The van der Waals surface area contributed by atoms with E-state index in [-0.39, 0.29) is 17.1 Å². The van der Waals surface area contributed by atoms with Gasteiger partial charge in [-0.05, 0) is 29.7 Å². The first-order valence-corrected chi connectivity index (χ1v) is 4.15. The summed E-state index contributed by atoms with van der Waals surface area (Å²) in [5.41, 5.74) is 6.60.